The Morgan fingerprint density at radius 3 is 2.62 bits per heavy atom. The average Bonchev–Trinajstić information content (AvgIpc) is 2.98. The molecule has 0 atom stereocenters. The molecule has 1 N–H and O–H groups in total. The van der Waals surface area contributed by atoms with E-state index in [1.807, 2.05) is 30.3 Å². The molecule has 3 aromatic rings. The number of anilines is 1. The third kappa shape index (κ3) is 3.74. The topological polar surface area (TPSA) is 93.1 Å². The minimum absolute atomic E-state index is 0.0365. The lowest BCUT2D eigenvalue weighted by Gasteiger charge is -2.22. The molecule has 8 heteroatoms. The van der Waals surface area contributed by atoms with E-state index in [2.05, 4.69) is 15.1 Å². The zero-order chi connectivity index (χ0) is 18.9. The number of fused-ring (bicyclic) bond motifs is 1. The van der Waals surface area contributed by atoms with Crippen molar-refractivity contribution in [1.82, 2.24) is 19.7 Å². The summed E-state index contributed by atoms with van der Waals surface area (Å²) in [7, 11) is 1.66. The van der Waals surface area contributed by atoms with Gasteiger partial charge in [0.15, 0.2) is 5.65 Å². The molecule has 0 bridgehead atoms. The number of carbonyl (C=O) groups is 1. The van der Waals surface area contributed by atoms with Crippen molar-refractivity contribution in [2.45, 2.75) is 26.4 Å². The standard InChI is InChI=1S/C18H21N5O3/c1-18(2,3)26-14(24)11-22(4)17-20-15-13(16(25)21-17)10-19-23(15)12-8-6-5-7-9-12/h5-10H,11H2,1-4H3,(H,20,21,25). The number of aromatic amines is 1. The summed E-state index contributed by atoms with van der Waals surface area (Å²) in [5.41, 5.74) is 0.324. The lowest BCUT2D eigenvalue weighted by Crippen LogP contribution is -2.34. The smallest absolute Gasteiger partial charge is 0.326 e. The van der Waals surface area contributed by atoms with Crippen molar-refractivity contribution in [2.24, 2.45) is 0 Å². The van der Waals surface area contributed by atoms with Gasteiger partial charge in [0.2, 0.25) is 5.95 Å². The number of likely N-dealkylation sites (N-methyl/N-ethyl adjacent to an activating group) is 1. The van der Waals surface area contributed by atoms with Crippen molar-refractivity contribution in [3.05, 3.63) is 46.9 Å². The molecule has 0 saturated heterocycles. The summed E-state index contributed by atoms with van der Waals surface area (Å²) < 4.78 is 6.90. The van der Waals surface area contributed by atoms with E-state index in [9.17, 15) is 9.59 Å². The Morgan fingerprint density at radius 1 is 1.27 bits per heavy atom. The second kappa shape index (κ2) is 6.62. The summed E-state index contributed by atoms with van der Waals surface area (Å²) in [6.07, 6.45) is 1.48. The minimum atomic E-state index is -0.575. The maximum atomic E-state index is 12.4. The Labute approximate surface area is 150 Å². The van der Waals surface area contributed by atoms with Crippen molar-refractivity contribution >= 4 is 23.0 Å². The van der Waals surface area contributed by atoms with Gasteiger partial charge in [0, 0.05) is 7.05 Å². The van der Waals surface area contributed by atoms with Crippen molar-refractivity contribution in [2.75, 3.05) is 18.5 Å². The van der Waals surface area contributed by atoms with Gasteiger partial charge in [-0.05, 0) is 32.9 Å². The molecule has 0 saturated carbocycles. The van der Waals surface area contributed by atoms with Crippen LogP contribution >= 0.6 is 0 Å². The van der Waals surface area contributed by atoms with Crippen LogP contribution in [0.1, 0.15) is 20.8 Å². The van der Waals surface area contributed by atoms with Crippen LogP contribution in [0.25, 0.3) is 16.7 Å². The average molecular weight is 355 g/mol. The Kier molecular flexibility index (Phi) is 4.50. The quantitative estimate of drug-likeness (QED) is 0.719. The Bertz CT molecular complexity index is 985. The number of aromatic nitrogens is 4. The number of hydrogen-bond donors (Lipinski definition) is 1. The SMILES string of the molecule is CN(CC(=O)OC(C)(C)C)c1nc2c(cnn2-c2ccccc2)c(=O)[nH]1. The number of esters is 1. The fourth-order valence-electron chi connectivity index (χ4n) is 2.49. The summed E-state index contributed by atoms with van der Waals surface area (Å²) in [6.45, 7) is 5.37. The summed E-state index contributed by atoms with van der Waals surface area (Å²) >= 11 is 0. The number of ether oxygens (including phenoxy) is 1. The van der Waals surface area contributed by atoms with Gasteiger partial charge in [-0.15, -0.1) is 0 Å². The zero-order valence-corrected chi connectivity index (χ0v) is 15.2. The van der Waals surface area contributed by atoms with Gasteiger partial charge < -0.3 is 9.64 Å². The van der Waals surface area contributed by atoms with Crippen LogP contribution in [-0.2, 0) is 9.53 Å². The van der Waals surface area contributed by atoms with Crippen LogP contribution in [0.15, 0.2) is 41.3 Å². The number of nitrogens with one attached hydrogen (secondary N) is 1. The molecular formula is C18H21N5O3. The molecule has 0 aliphatic carbocycles. The third-order valence-corrected chi connectivity index (χ3v) is 3.57. The van der Waals surface area contributed by atoms with E-state index in [0.29, 0.717) is 11.0 Å². The van der Waals surface area contributed by atoms with E-state index < -0.39 is 11.6 Å². The Hall–Kier alpha value is -3.16. The first kappa shape index (κ1) is 17.7. The van der Waals surface area contributed by atoms with Gasteiger partial charge in [-0.3, -0.25) is 14.6 Å². The van der Waals surface area contributed by atoms with Crippen LogP contribution in [0, 0.1) is 0 Å². The van der Waals surface area contributed by atoms with Crippen LogP contribution < -0.4 is 10.5 Å². The monoisotopic (exact) mass is 355 g/mol. The molecule has 26 heavy (non-hydrogen) atoms. The number of nitrogens with zero attached hydrogens (tertiary/aromatic N) is 4. The molecule has 136 valence electrons. The lowest BCUT2D eigenvalue weighted by atomic mass is 10.2. The van der Waals surface area contributed by atoms with Gasteiger partial charge in [-0.1, -0.05) is 18.2 Å². The summed E-state index contributed by atoms with van der Waals surface area (Å²) in [4.78, 5) is 33.1. The van der Waals surface area contributed by atoms with E-state index in [-0.39, 0.29) is 18.1 Å². The molecule has 2 aromatic heterocycles. The molecule has 0 amide bonds. The highest BCUT2D eigenvalue weighted by atomic mass is 16.6. The van der Waals surface area contributed by atoms with Crippen LogP contribution in [0.2, 0.25) is 0 Å². The molecule has 0 aliphatic rings. The molecule has 0 unspecified atom stereocenters. The molecule has 0 spiro atoms. The fraction of sp³-hybridized carbons (Fsp3) is 0.333. The molecular weight excluding hydrogens is 334 g/mol. The molecule has 0 fully saturated rings. The van der Waals surface area contributed by atoms with Gasteiger partial charge >= 0.3 is 5.97 Å². The first-order valence-electron chi connectivity index (χ1n) is 8.21. The Balaban J connectivity index is 1.95. The maximum absolute atomic E-state index is 12.4. The largest absolute Gasteiger partial charge is 0.459 e. The molecule has 0 aliphatic heterocycles. The van der Waals surface area contributed by atoms with Gasteiger partial charge in [0.1, 0.15) is 17.5 Å². The number of rotatable bonds is 4. The van der Waals surface area contributed by atoms with Gasteiger partial charge in [-0.25, -0.2) is 4.68 Å². The van der Waals surface area contributed by atoms with Crippen molar-refractivity contribution in [1.29, 1.82) is 0 Å². The van der Waals surface area contributed by atoms with Crippen LogP contribution in [0.4, 0.5) is 5.95 Å². The maximum Gasteiger partial charge on any atom is 0.326 e. The van der Waals surface area contributed by atoms with Crippen molar-refractivity contribution < 1.29 is 9.53 Å². The predicted molar refractivity (Wildman–Crippen MR) is 98.6 cm³/mol. The number of H-pyrrole nitrogens is 1. The lowest BCUT2D eigenvalue weighted by molar-refractivity contribution is -0.152. The fourth-order valence-corrected chi connectivity index (χ4v) is 2.49. The predicted octanol–water partition coefficient (Wildman–Crippen LogP) is 1.89. The highest BCUT2D eigenvalue weighted by molar-refractivity contribution is 5.78. The van der Waals surface area contributed by atoms with E-state index >= 15 is 0 Å². The van der Waals surface area contributed by atoms with Crippen LogP contribution in [-0.4, -0.2) is 44.9 Å². The summed E-state index contributed by atoms with van der Waals surface area (Å²) in [6, 6.07) is 9.41. The van der Waals surface area contributed by atoms with Gasteiger partial charge in [0.25, 0.3) is 5.56 Å². The van der Waals surface area contributed by atoms with E-state index in [1.165, 1.54) is 11.1 Å². The van der Waals surface area contributed by atoms with E-state index in [4.69, 9.17) is 4.74 Å². The second-order valence-corrected chi connectivity index (χ2v) is 6.96. The van der Waals surface area contributed by atoms with Crippen LogP contribution in [0.5, 0.6) is 0 Å². The summed E-state index contributed by atoms with van der Waals surface area (Å²) in [5.74, 6) is -0.134. The first-order valence-corrected chi connectivity index (χ1v) is 8.21. The van der Waals surface area contributed by atoms with Crippen molar-refractivity contribution in [3.63, 3.8) is 0 Å². The zero-order valence-electron chi connectivity index (χ0n) is 15.2. The van der Waals surface area contributed by atoms with E-state index in [0.717, 1.165) is 5.69 Å². The minimum Gasteiger partial charge on any atom is -0.459 e. The first-order chi connectivity index (χ1) is 12.2. The molecule has 0 radical (unpaired) electrons. The Morgan fingerprint density at radius 2 is 1.96 bits per heavy atom. The van der Waals surface area contributed by atoms with Gasteiger partial charge in [0.05, 0.1) is 11.9 Å². The second-order valence-electron chi connectivity index (χ2n) is 6.96. The molecule has 3 rings (SSSR count). The summed E-state index contributed by atoms with van der Waals surface area (Å²) in [5, 5.41) is 4.64. The molecule has 8 nitrogen and oxygen atoms in total. The third-order valence-electron chi connectivity index (χ3n) is 3.57. The van der Waals surface area contributed by atoms with E-state index in [1.54, 1.807) is 32.5 Å². The van der Waals surface area contributed by atoms with Crippen LogP contribution in [0.3, 0.4) is 0 Å². The molecule has 2 heterocycles. The van der Waals surface area contributed by atoms with Crippen molar-refractivity contribution in [3.8, 4) is 5.69 Å². The van der Waals surface area contributed by atoms with Gasteiger partial charge in [-0.2, -0.15) is 10.1 Å². The highest BCUT2D eigenvalue weighted by Crippen LogP contribution is 2.16. The normalized spacial score (nSPS) is 11.5. The number of para-hydroxylation sites is 1. The molecule has 1 aromatic carbocycles. The number of benzene rings is 1. The highest BCUT2D eigenvalue weighted by Gasteiger charge is 2.19. The number of hydrogen-bond acceptors (Lipinski definition) is 6. The number of carbonyl (C=O) groups excluding carboxylic acids is 1.